The maximum atomic E-state index is 13.1. The number of hydrogen-bond donors (Lipinski definition) is 0. The maximum absolute atomic E-state index is 13.1. The summed E-state index contributed by atoms with van der Waals surface area (Å²) in [4.78, 5) is 28.9. The van der Waals surface area contributed by atoms with Crippen LogP contribution >= 0.6 is 11.8 Å². The molecule has 0 spiro atoms. The van der Waals surface area contributed by atoms with Crippen LogP contribution in [0.1, 0.15) is 45.1 Å². The summed E-state index contributed by atoms with van der Waals surface area (Å²) in [7, 11) is -3.58. The first-order valence-electron chi connectivity index (χ1n) is 10.5. The third-order valence-electron chi connectivity index (χ3n) is 6.46. The second kappa shape index (κ2) is 7.84. The van der Waals surface area contributed by atoms with E-state index in [4.69, 9.17) is 0 Å². The number of thioether (sulfide) groups is 1. The summed E-state index contributed by atoms with van der Waals surface area (Å²) in [6, 6.07) is 6.62. The highest BCUT2D eigenvalue weighted by molar-refractivity contribution is 8.01. The summed E-state index contributed by atoms with van der Waals surface area (Å²) >= 11 is 1.68. The van der Waals surface area contributed by atoms with Gasteiger partial charge in [-0.2, -0.15) is 4.31 Å². The first kappa shape index (κ1) is 21.6. The number of piperazine rings is 1. The Morgan fingerprint density at radius 1 is 1.13 bits per heavy atom. The van der Waals surface area contributed by atoms with Crippen LogP contribution in [0.15, 0.2) is 29.2 Å². The van der Waals surface area contributed by atoms with E-state index in [2.05, 4.69) is 13.8 Å². The van der Waals surface area contributed by atoms with Gasteiger partial charge in [0.1, 0.15) is 6.04 Å². The van der Waals surface area contributed by atoms with Crippen molar-refractivity contribution in [2.24, 2.45) is 0 Å². The number of nitrogens with zero attached hydrogens (tertiary/aromatic N) is 3. The van der Waals surface area contributed by atoms with E-state index < -0.39 is 16.1 Å². The van der Waals surface area contributed by atoms with Gasteiger partial charge in [-0.15, -0.1) is 11.8 Å². The van der Waals surface area contributed by atoms with Crippen molar-refractivity contribution < 1.29 is 18.0 Å². The van der Waals surface area contributed by atoms with Crippen LogP contribution in [0.2, 0.25) is 0 Å². The molecule has 0 N–H and O–H groups in total. The molecule has 3 aliphatic rings. The molecule has 164 valence electrons. The Morgan fingerprint density at radius 2 is 1.77 bits per heavy atom. The third-order valence-corrected chi connectivity index (χ3v) is 9.88. The molecule has 1 aromatic carbocycles. The number of carbonyl (C=O) groups is 2. The zero-order valence-electron chi connectivity index (χ0n) is 17.7. The minimum Gasteiger partial charge on any atom is -0.338 e. The Bertz CT molecular complexity index is 940. The molecule has 0 aliphatic carbocycles. The van der Waals surface area contributed by atoms with Crippen LogP contribution in [0, 0.1) is 0 Å². The predicted molar refractivity (Wildman–Crippen MR) is 117 cm³/mol. The molecule has 9 heteroatoms. The lowest BCUT2D eigenvalue weighted by Gasteiger charge is -2.37. The third kappa shape index (κ3) is 3.65. The van der Waals surface area contributed by atoms with Crippen LogP contribution in [0.3, 0.4) is 0 Å². The molecule has 30 heavy (non-hydrogen) atoms. The van der Waals surface area contributed by atoms with E-state index in [1.54, 1.807) is 33.7 Å². The van der Waals surface area contributed by atoms with Crippen molar-refractivity contribution in [1.29, 1.82) is 0 Å². The van der Waals surface area contributed by atoms with Gasteiger partial charge in [-0.05, 0) is 37.0 Å². The van der Waals surface area contributed by atoms with Gasteiger partial charge >= 0.3 is 0 Å². The van der Waals surface area contributed by atoms with E-state index in [0.717, 1.165) is 12.0 Å². The molecule has 1 aromatic rings. The van der Waals surface area contributed by atoms with Gasteiger partial charge < -0.3 is 9.80 Å². The van der Waals surface area contributed by atoms with Gasteiger partial charge in [0.15, 0.2) is 0 Å². The van der Waals surface area contributed by atoms with Crippen molar-refractivity contribution in [1.82, 2.24) is 14.1 Å². The van der Waals surface area contributed by atoms with Crippen LogP contribution in [0.5, 0.6) is 0 Å². The van der Waals surface area contributed by atoms with Crippen molar-refractivity contribution in [3.8, 4) is 0 Å². The molecule has 0 aromatic heterocycles. The average Bonchev–Trinajstić information content (AvgIpc) is 3.23. The highest BCUT2D eigenvalue weighted by Gasteiger charge is 2.53. The number of benzene rings is 1. The summed E-state index contributed by atoms with van der Waals surface area (Å²) in [5.74, 6) is 0.947. The lowest BCUT2D eigenvalue weighted by Crippen LogP contribution is -2.56. The zero-order valence-corrected chi connectivity index (χ0v) is 19.3. The molecule has 0 radical (unpaired) electrons. The molecule has 2 amide bonds. The summed E-state index contributed by atoms with van der Waals surface area (Å²) in [6.07, 6.45) is 1.27. The molecular formula is C21H29N3O4S2. The smallest absolute Gasteiger partial charge is 0.246 e. The molecule has 2 atom stereocenters. The fraction of sp³-hybridized carbons (Fsp3) is 0.619. The van der Waals surface area contributed by atoms with Crippen LogP contribution in [-0.2, 0) is 19.6 Å². The van der Waals surface area contributed by atoms with E-state index in [0.29, 0.717) is 31.2 Å². The predicted octanol–water partition coefficient (Wildman–Crippen LogP) is 2.10. The van der Waals surface area contributed by atoms with Crippen molar-refractivity contribution in [3.63, 3.8) is 0 Å². The van der Waals surface area contributed by atoms with Gasteiger partial charge in [0.2, 0.25) is 21.8 Å². The first-order chi connectivity index (χ1) is 14.1. The standard InChI is InChI=1S/C21H29N3O4S2/c1-15(2)16-4-6-17(7-5-16)30(27,28)23-12-10-22(11-13-23)20(26)18-14-29-21(3)9-8-19(25)24(18)21/h4-7,15,18H,8-14H2,1-3H3/t18-,21-/m0/s1. The van der Waals surface area contributed by atoms with E-state index in [1.807, 2.05) is 19.1 Å². The minimum atomic E-state index is -3.58. The number of fused-ring (bicyclic) bond motifs is 1. The molecule has 3 saturated heterocycles. The molecular weight excluding hydrogens is 422 g/mol. The van der Waals surface area contributed by atoms with Gasteiger partial charge in [0, 0.05) is 38.4 Å². The fourth-order valence-electron chi connectivity index (χ4n) is 4.54. The lowest BCUT2D eigenvalue weighted by molar-refractivity contribution is -0.144. The summed E-state index contributed by atoms with van der Waals surface area (Å²) < 4.78 is 27.5. The van der Waals surface area contributed by atoms with E-state index >= 15 is 0 Å². The topological polar surface area (TPSA) is 78.0 Å². The van der Waals surface area contributed by atoms with Gasteiger partial charge in [-0.1, -0.05) is 26.0 Å². The van der Waals surface area contributed by atoms with Crippen LogP contribution in [-0.4, -0.2) is 77.2 Å². The lowest BCUT2D eigenvalue weighted by atomic mass is 10.0. The van der Waals surface area contributed by atoms with E-state index in [9.17, 15) is 18.0 Å². The second-order valence-electron chi connectivity index (χ2n) is 8.72. The molecule has 3 aliphatic heterocycles. The summed E-state index contributed by atoms with van der Waals surface area (Å²) in [5.41, 5.74) is 1.10. The molecule has 3 heterocycles. The monoisotopic (exact) mass is 451 g/mol. The molecule has 0 saturated carbocycles. The Labute approximate surface area is 182 Å². The fourth-order valence-corrected chi connectivity index (χ4v) is 7.38. The van der Waals surface area contributed by atoms with Crippen molar-refractivity contribution >= 4 is 33.6 Å². The second-order valence-corrected chi connectivity index (χ2v) is 12.2. The van der Waals surface area contributed by atoms with Gasteiger partial charge in [0.25, 0.3) is 0 Å². The van der Waals surface area contributed by atoms with E-state index in [1.165, 1.54) is 4.31 Å². The Kier molecular flexibility index (Phi) is 5.65. The largest absolute Gasteiger partial charge is 0.338 e. The number of rotatable bonds is 4. The minimum absolute atomic E-state index is 0.0481. The van der Waals surface area contributed by atoms with Crippen molar-refractivity contribution in [3.05, 3.63) is 29.8 Å². The Hall–Kier alpha value is -1.58. The first-order valence-corrected chi connectivity index (χ1v) is 12.9. The highest BCUT2D eigenvalue weighted by atomic mass is 32.2. The van der Waals surface area contributed by atoms with Crippen LogP contribution < -0.4 is 0 Å². The average molecular weight is 452 g/mol. The summed E-state index contributed by atoms with van der Waals surface area (Å²) in [6.45, 7) is 7.41. The number of hydrogen-bond acceptors (Lipinski definition) is 5. The number of carbonyl (C=O) groups excluding carboxylic acids is 2. The van der Waals surface area contributed by atoms with Gasteiger partial charge in [-0.25, -0.2) is 8.42 Å². The van der Waals surface area contributed by atoms with Gasteiger partial charge in [-0.3, -0.25) is 9.59 Å². The quantitative estimate of drug-likeness (QED) is 0.701. The summed E-state index contributed by atoms with van der Waals surface area (Å²) in [5, 5.41) is 0. The van der Waals surface area contributed by atoms with Crippen molar-refractivity contribution in [2.75, 3.05) is 31.9 Å². The number of amides is 2. The molecule has 7 nitrogen and oxygen atoms in total. The molecule has 0 unspecified atom stereocenters. The molecule has 0 bridgehead atoms. The SMILES string of the molecule is CC(C)c1ccc(S(=O)(=O)N2CCN(C(=O)[C@@H]3CS[C@@]4(C)CCC(=O)N34)CC2)cc1. The molecule has 4 rings (SSSR count). The highest BCUT2D eigenvalue weighted by Crippen LogP contribution is 2.47. The van der Waals surface area contributed by atoms with Crippen LogP contribution in [0.25, 0.3) is 0 Å². The number of sulfonamides is 1. The Morgan fingerprint density at radius 3 is 2.37 bits per heavy atom. The van der Waals surface area contributed by atoms with Crippen molar-refractivity contribution in [2.45, 2.75) is 55.3 Å². The van der Waals surface area contributed by atoms with Crippen LogP contribution in [0.4, 0.5) is 0 Å². The molecule has 3 fully saturated rings. The maximum Gasteiger partial charge on any atom is 0.246 e. The normalized spacial score (nSPS) is 27.7. The van der Waals surface area contributed by atoms with Gasteiger partial charge in [0.05, 0.1) is 9.77 Å². The zero-order chi connectivity index (χ0) is 21.7. The Balaban J connectivity index is 1.41. The van der Waals surface area contributed by atoms with E-state index in [-0.39, 0.29) is 34.7 Å².